The molecule has 0 fully saturated rings. The number of nitrogens with zero attached hydrogens (tertiary/aromatic N) is 2. The third-order valence-electron chi connectivity index (χ3n) is 3.20. The zero-order chi connectivity index (χ0) is 15.3. The normalized spacial score (nSPS) is 13.1. The van der Waals surface area contributed by atoms with Gasteiger partial charge in [0.25, 0.3) is 0 Å². The molecule has 4 heteroatoms. The molecule has 1 atom stereocenters. The van der Waals surface area contributed by atoms with Crippen LogP contribution in [-0.2, 0) is 0 Å². The van der Waals surface area contributed by atoms with E-state index in [1.165, 1.54) is 5.69 Å². The highest BCUT2D eigenvalue weighted by Crippen LogP contribution is 2.30. The largest absolute Gasteiger partial charge is 0.389 e. The molecule has 0 amide bonds. The molecule has 0 saturated heterocycles. The minimum atomic E-state index is -0.430. The van der Waals surface area contributed by atoms with Gasteiger partial charge < -0.3 is 14.9 Å². The van der Waals surface area contributed by atoms with Crippen LogP contribution >= 0.6 is 15.9 Å². The molecule has 0 spiro atoms. The molecule has 0 heterocycles. The van der Waals surface area contributed by atoms with Gasteiger partial charge in [0.1, 0.15) is 0 Å². The summed E-state index contributed by atoms with van der Waals surface area (Å²) in [5.41, 5.74) is 2.14. The summed E-state index contributed by atoms with van der Waals surface area (Å²) in [7, 11) is 4.19. The molecule has 1 N–H and O–H groups in total. The quantitative estimate of drug-likeness (QED) is 0.821. The molecule has 0 aliphatic heterocycles. The molecule has 0 saturated carbocycles. The number of anilines is 1. The van der Waals surface area contributed by atoms with E-state index in [4.69, 9.17) is 0 Å². The number of hydrogen-bond donors (Lipinski definition) is 1. The Hall–Kier alpha value is -0.580. The van der Waals surface area contributed by atoms with Crippen molar-refractivity contribution in [2.45, 2.75) is 26.9 Å². The van der Waals surface area contributed by atoms with Crippen molar-refractivity contribution in [3.63, 3.8) is 0 Å². The average molecular weight is 343 g/mol. The van der Waals surface area contributed by atoms with Crippen LogP contribution in [0.1, 0.15) is 32.4 Å². The fraction of sp³-hybridized carbons (Fsp3) is 0.625. The predicted octanol–water partition coefficient (Wildman–Crippen LogP) is 3.53. The lowest BCUT2D eigenvalue weighted by atomic mass is 10.1. The highest BCUT2D eigenvalue weighted by atomic mass is 79.9. The Labute approximate surface area is 131 Å². The van der Waals surface area contributed by atoms with Crippen molar-refractivity contribution in [1.29, 1.82) is 0 Å². The summed E-state index contributed by atoms with van der Waals surface area (Å²) in [4.78, 5) is 4.60. The zero-order valence-electron chi connectivity index (χ0n) is 13.2. The Balaban J connectivity index is 2.94. The predicted molar refractivity (Wildman–Crippen MR) is 90.4 cm³/mol. The maximum atomic E-state index is 9.66. The van der Waals surface area contributed by atoms with Crippen molar-refractivity contribution < 1.29 is 5.11 Å². The number of hydrogen-bond acceptors (Lipinski definition) is 3. The van der Waals surface area contributed by atoms with Gasteiger partial charge in [-0.25, -0.2) is 0 Å². The molecule has 1 rings (SSSR count). The number of aliphatic hydroxyl groups is 1. The highest BCUT2D eigenvalue weighted by molar-refractivity contribution is 9.10. The van der Waals surface area contributed by atoms with E-state index in [1.54, 1.807) is 6.92 Å². The van der Waals surface area contributed by atoms with Gasteiger partial charge in [0, 0.05) is 24.1 Å². The van der Waals surface area contributed by atoms with Gasteiger partial charge in [-0.15, -0.1) is 0 Å². The van der Waals surface area contributed by atoms with Crippen LogP contribution in [0.15, 0.2) is 22.7 Å². The second-order valence-electron chi connectivity index (χ2n) is 6.03. The van der Waals surface area contributed by atoms with Gasteiger partial charge in [-0.05, 0) is 60.6 Å². The van der Waals surface area contributed by atoms with Crippen LogP contribution in [0.25, 0.3) is 0 Å². The molecule has 0 aliphatic rings. The van der Waals surface area contributed by atoms with Crippen LogP contribution < -0.4 is 4.90 Å². The lowest BCUT2D eigenvalue weighted by Crippen LogP contribution is -2.34. The van der Waals surface area contributed by atoms with E-state index in [0.29, 0.717) is 5.92 Å². The minimum Gasteiger partial charge on any atom is -0.389 e. The van der Waals surface area contributed by atoms with Crippen LogP contribution in [0, 0.1) is 5.92 Å². The van der Waals surface area contributed by atoms with E-state index < -0.39 is 6.10 Å². The smallest absolute Gasteiger partial charge is 0.0762 e. The average Bonchev–Trinajstić information content (AvgIpc) is 2.33. The van der Waals surface area contributed by atoms with Gasteiger partial charge in [-0.2, -0.15) is 0 Å². The molecular formula is C16H27BrN2O. The monoisotopic (exact) mass is 342 g/mol. The van der Waals surface area contributed by atoms with Crippen molar-refractivity contribution in [3.8, 4) is 0 Å². The van der Waals surface area contributed by atoms with Crippen molar-refractivity contribution in [2.75, 3.05) is 38.6 Å². The van der Waals surface area contributed by atoms with Crippen LogP contribution in [0.3, 0.4) is 0 Å². The Morgan fingerprint density at radius 2 is 1.80 bits per heavy atom. The number of likely N-dealkylation sites (N-methyl/N-ethyl adjacent to an activating group) is 1. The van der Waals surface area contributed by atoms with Crippen LogP contribution in [0.5, 0.6) is 0 Å². The summed E-state index contributed by atoms with van der Waals surface area (Å²) in [5, 5.41) is 9.66. The molecular weight excluding hydrogens is 316 g/mol. The molecule has 3 nitrogen and oxygen atoms in total. The van der Waals surface area contributed by atoms with Gasteiger partial charge in [0.15, 0.2) is 0 Å². The Kier molecular flexibility index (Phi) is 7.00. The summed E-state index contributed by atoms with van der Waals surface area (Å²) in [6.45, 7) is 9.32. The van der Waals surface area contributed by atoms with Gasteiger partial charge in [0.2, 0.25) is 0 Å². The highest BCUT2D eigenvalue weighted by Gasteiger charge is 2.13. The van der Waals surface area contributed by atoms with E-state index >= 15 is 0 Å². The Morgan fingerprint density at radius 3 is 2.25 bits per heavy atom. The standard InChI is InChI=1S/C16H27BrN2O/c1-12(2)11-19(9-8-18(4)5)16-7-6-14(13(3)20)10-15(16)17/h6-7,10,12-13,20H,8-9,11H2,1-5H3/t13-/m0/s1. The van der Waals surface area contributed by atoms with E-state index in [1.807, 2.05) is 12.1 Å². The van der Waals surface area contributed by atoms with E-state index in [0.717, 1.165) is 29.7 Å². The van der Waals surface area contributed by atoms with Crippen molar-refractivity contribution >= 4 is 21.6 Å². The van der Waals surface area contributed by atoms with Gasteiger partial charge >= 0.3 is 0 Å². The van der Waals surface area contributed by atoms with Gasteiger partial charge in [0.05, 0.1) is 11.8 Å². The lowest BCUT2D eigenvalue weighted by Gasteiger charge is -2.29. The van der Waals surface area contributed by atoms with Crippen molar-refractivity contribution in [3.05, 3.63) is 28.2 Å². The number of halogens is 1. The second-order valence-corrected chi connectivity index (χ2v) is 6.88. The van der Waals surface area contributed by atoms with Gasteiger partial charge in [-0.1, -0.05) is 19.9 Å². The topological polar surface area (TPSA) is 26.7 Å². The first kappa shape index (κ1) is 17.5. The number of rotatable bonds is 7. The number of aliphatic hydroxyl groups excluding tert-OH is 1. The summed E-state index contributed by atoms with van der Waals surface area (Å²) >= 11 is 3.65. The second kappa shape index (κ2) is 8.01. The van der Waals surface area contributed by atoms with E-state index in [9.17, 15) is 5.11 Å². The summed E-state index contributed by atoms with van der Waals surface area (Å²) in [6.07, 6.45) is -0.430. The maximum absolute atomic E-state index is 9.66. The van der Waals surface area contributed by atoms with E-state index in [-0.39, 0.29) is 0 Å². The molecule has 0 aromatic heterocycles. The molecule has 1 aromatic rings. The van der Waals surface area contributed by atoms with Gasteiger partial charge in [-0.3, -0.25) is 0 Å². The first-order valence-electron chi connectivity index (χ1n) is 7.18. The molecule has 20 heavy (non-hydrogen) atoms. The first-order valence-corrected chi connectivity index (χ1v) is 7.97. The maximum Gasteiger partial charge on any atom is 0.0762 e. The van der Waals surface area contributed by atoms with Crippen LogP contribution in [0.2, 0.25) is 0 Å². The third-order valence-corrected chi connectivity index (χ3v) is 3.83. The number of benzene rings is 1. The fourth-order valence-electron chi connectivity index (χ4n) is 2.11. The van der Waals surface area contributed by atoms with Crippen molar-refractivity contribution in [1.82, 2.24) is 4.90 Å². The van der Waals surface area contributed by atoms with Crippen LogP contribution in [-0.4, -0.2) is 43.7 Å². The Bertz CT molecular complexity index is 419. The van der Waals surface area contributed by atoms with Crippen molar-refractivity contribution in [2.24, 2.45) is 5.92 Å². The lowest BCUT2D eigenvalue weighted by molar-refractivity contribution is 0.199. The SMILES string of the molecule is CC(C)CN(CCN(C)C)c1ccc([C@H](C)O)cc1Br. The minimum absolute atomic E-state index is 0.430. The third kappa shape index (κ3) is 5.43. The Morgan fingerprint density at radius 1 is 1.15 bits per heavy atom. The first-order chi connectivity index (χ1) is 9.31. The van der Waals surface area contributed by atoms with Crippen LogP contribution in [0.4, 0.5) is 5.69 Å². The molecule has 0 bridgehead atoms. The molecule has 0 radical (unpaired) electrons. The molecule has 0 unspecified atom stereocenters. The molecule has 1 aromatic carbocycles. The molecule has 0 aliphatic carbocycles. The van der Waals surface area contributed by atoms with E-state index in [2.05, 4.69) is 59.7 Å². The summed E-state index contributed by atoms with van der Waals surface area (Å²) < 4.78 is 1.05. The zero-order valence-corrected chi connectivity index (χ0v) is 14.8. The summed E-state index contributed by atoms with van der Waals surface area (Å²) in [5.74, 6) is 0.612. The summed E-state index contributed by atoms with van der Waals surface area (Å²) in [6, 6.07) is 6.13. The molecule has 114 valence electrons. The fourth-order valence-corrected chi connectivity index (χ4v) is 2.76.